The summed E-state index contributed by atoms with van der Waals surface area (Å²) in [6, 6.07) is 6.23. The molecule has 1 aliphatic heterocycles. The van der Waals surface area contributed by atoms with E-state index in [-0.39, 0.29) is 5.92 Å². The van der Waals surface area contributed by atoms with Gasteiger partial charge in [-0.2, -0.15) is 0 Å². The zero-order chi connectivity index (χ0) is 11.5. The van der Waals surface area contributed by atoms with Crippen LogP contribution in [0.4, 0.5) is 5.69 Å². The number of aryl methyl sites for hydroxylation is 1. The Balaban J connectivity index is 2.14. The first-order valence-corrected chi connectivity index (χ1v) is 5.75. The average Bonchev–Trinajstić information content (AvgIpc) is 2.28. The van der Waals surface area contributed by atoms with Crippen molar-refractivity contribution in [3.05, 3.63) is 29.3 Å². The van der Waals surface area contributed by atoms with Crippen LogP contribution in [0.5, 0.6) is 0 Å². The molecule has 2 N–H and O–H groups in total. The van der Waals surface area contributed by atoms with E-state index in [4.69, 9.17) is 5.11 Å². The molecule has 1 aromatic carbocycles. The summed E-state index contributed by atoms with van der Waals surface area (Å²) in [5, 5.41) is 12.2. The van der Waals surface area contributed by atoms with Crippen LogP contribution in [0.2, 0.25) is 0 Å². The molecule has 0 saturated heterocycles. The average molecular weight is 219 g/mol. The van der Waals surface area contributed by atoms with Crippen molar-refractivity contribution in [2.75, 3.05) is 11.9 Å². The summed E-state index contributed by atoms with van der Waals surface area (Å²) in [6.45, 7) is 2.79. The van der Waals surface area contributed by atoms with Gasteiger partial charge in [-0.05, 0) is 36.5 Å². The normalized spacial score (nSPS) is 16.1. The van der Waals surface area contributed by atoms with Gasteiger partial charge in [0, 0.05) is 12.2 Å². The Labute approximate surface area is 95.5 Å². The molecule has 86 valence electrons. The van der Waals surface area contributed by atoms with Gasteiger partial charge in [0.05, 0.1) is 5.92 Å². The molecule has 0 aliphatic carbocycles. The fourth-order valence-electron chi connectivity index (χ4n) is 2.10. The molecule has 1 aromatic rings. The number of carbonyl (C=O) groups is 1. The van der Waals surface area contributed by atoms with Crippen molar-refractivity contribution in [3.8, 4) is 0 Å². The van der Waals surface area contributed by atoms with Crippen LogP contribution in [0.25, 0.3) is 0 Å². The highest BCUT2D eigenvalue weighted by Gasteiger charge is 2.14. The molecular formula is C13H17NO2. The number of anilines is 1. The topological polar surface area (TPSA) is 49.3 Å². The van der Waals surface area contributed by atoms with E-state index in [0.717, 1.165) is 24.9 Å². The molecule has 0 saturated carbocycles. The molecule has 3 heteroatoms. The van der Waals surface area contributed by atoms with E-state index in [2.05, 4.69) is 17.4 Å². The van der Waals surface area contributed by atoms with Crippen molar-refractivity contribution in [1.29, 1.82) is 0 Å². The monoisotopic (exact) mass is 219 g/mol. The maximum atomic E-state index is 10.8. The lowest BCUT2D eigenvalue weighted by Gasteiger charge is -2.19. The number of hydrogen-bond donors (Lipinski definition) is 2. The number of hydrogen-bond acceptors (Lipinski definition) is 2. The summed E-state index contributed by atoms with van der Waals surface area (Å²) < 4.78 is 0. The highest BCUT2D eigenvalue weighted by Crippen LogP contribution is 2.24. The summed E-state index contributed by atoms with van der Waals surface area (Å²) in [5.74, 6) is -1.04. The van der Waals surface area contributed by atoms with Crippen molar-refractivity contribution in [1.82, 2.24) is 0 Å². The highest BCUT2D eigenvalue weighted by atomic mass is 16.4. The number of rotatable bonds is 3. The molecule has 1 atom stereocenters. The molecule has 1 heterocycles. The van der Waals surface area contributed by atoms with Gasteiger partial charge in [-0.15, -0.1) is 0 Å². The van der Waals surface area contributed by atoms with Gasteiger partial charge in [0.2, 0.25) is 0 Å². The van der Waals surface area contributed by atoms with Crippen LogP contribution in [-0.4, -0.2) is 17.6 Å². The van der Waals surface area contributed by atoms with Crippen molar-refractivity contribution in [3.63, 3.8) is 0 Å². The first-order chi connectivity index (χ1) is 7.66. The van der Waals surface area contributed by atoms with Crippen molar-refractivity contribution >= 4 is 11.7 Å². The second-order valence-corrected chi connectivity index (χ2v) is 4.47. The molecule has 0 amide bonds. The lowest BCUT2D eigenvalue weighted by atomic mass is 9.96. The predicted molar refractivity (Wildman–Crippen MR) is 63.8 cm³/mol. The Morgan fingerprint density at radius 2 is 2.38 bits per heavy atom. The number of fused-ring (bicyclic) bond motifs is 1. The van der Waals surface area contributed by atoms with Crippen LogP contribution in [0.15, 0.2) is 18.2 Å². The Morgan fingerprint density at radius 3 is 3.12 bits per heavy atom. The zero-order valence-corrected chi connectivity index (χ0v) is 9.49. The first-order valence-electron chi connectivity index (χ1n) is 5.75. The van der Waals surface area contributed by atoms with E-state index in [1.807, 2.05) is 6.07 Å². The largest absolute Gasteiger partial charge is 0.481 e. The minimum Gasteiger partial charge on any atom is -0.481 e. The Bertz CT molecular complexity index is 401. The summed E-state index contributed by atoms with van der Waals surface area (Å²) in [6.07, 6.45) is 2.87. The van der Waals surface area contributed by atoms with Gasteiger partial charge in [-0.1, -0.05) is 19.1 Å². The Kier molecular flexibility index (Phi) is 3.13. The Morgan fingerprint density at radius 1 is 1.56 bits per heavy atom. The van der Waals surface area contributed by atoms with Gasteiger partial charge in [0.15, 0.2) is 0 Å². The number of aliphatic carboxylic acids is 1. The number of carboxylic acids is 1. The highest BCUT2D eigenvalue weighted by molar-refractivity contribution is 5.70. The lowest BCUT2D eigenvalue weighted by molar-refractivity contribution is -0.141. The van der Waals surface area contributed by atoms with Crippen LogP contribution >= 0.6 is 0 Å². The third-order valence-corrected chi connectivity index (χ3v) is 3.07. The van der Waals surface area contributed by atoms with E-state index in [1.165, 1.54) is 11.3 Å². The molecule has 3 nitrogen and oxygen atoms in total. The molecule has 1 unspecified atom stereocenters. The van der Waals surface area contributed by atoms with Crippen LogP contribution in [0.3, 0.4) is 0 Å². The third kappa shape index (κ3) is 2.35. The van der Waals surface area contributed by atoms with E-state index in [9.17, 15) is 4.79 Å². The predicted octanol–water partition coefficient (Wildman–Crippen LogP) is 2.31. The standard InChI is InChI=1S/C13H17NO2/c1-9(13(15)16)7-10-4-5-12-11(8-10)3-2-6-14-12/h4-5,8-9,14H,2-3,6-7H2,1H3,(H,15,16). The quantitative estimate of drug-likeness (QED) is 0.820. The molecule has 0 aromatic heterocycles. The maximum absolute atomic E-state index is 10.8. The molecule has 1 aliphatic rings. The fourth-order valence-corrected chi connectivity index (χ4v) is 2.10. The SMILES string of the molecule is CC(Cc1ccc2c(c1)CCCN2)C(=O)O. The molecule has 0 bridgehead atoms. The van der Waals surface area contributed by atoms with Gasteiger partial charge in [-0.25, -0.2) is 0 Å². The molecule has 0 spiro atoms. The van der Waals surface area contributed by atoms with Gasteiger partial charge < -0.3 is 10.4 Å². The van der Waals surface area contributed by atoms with Crippen molar-refractivity contribution < 1.29 is 9.90 Å². The smallest absolute Gasteiger partial charge is 0.306 e. The third-order valence-electron chi connectivity index (χ3n) is 3.07. The summed E-state index contributed by atoms with van der Waals surface area (Å²) in [7, 11) is 0. The molecular weight excluding hydrogens is 202 g/mol. The molecule has 0 radical (unpaired) electrons. The number of nitrogens with one attached hydrogen (secondary N) is 1. The van der Waals surface area contributed by atoms with Crippen LogP contribution in [-0.2, 0) is 17.6 Å². The van der Waals surface area contributed by atoms with Crippen molar-refractivity contribution in [2.45, 2.75) is 26.2 Å². The molecule has 0 fully saturated rings. The minimum absolute atomic E-state index is 0.311. The fraction of sp³-hybridized carbons (Fsp3) is 0.462. The molecule has 2 rings (SSSR count). The summed E-state index contributed by atoms with van der Waals surface area (Å²) in [4.78, 5) is 10.8. The van der Waals surface area contributed by atoms with Crippen molar-refractivity contribution in [2.24, 2.45) is 5.92 Å². The number of benzene rings is 1. The summed E-state index contributed by atoms with van der Waals surface area (Å²) >= 11 is 0. The van der Waals surface area contributed by atoms with E-state index in [0.29, 0.717) is 6.42 Å². The lowest BCUT2D eigenvalue weighted by Crippen LogP contribution is -2.14. The van der Waals surface area contributed by atoms with Gasteiger partial charge in [0.25, 0.3) is 0 Å². The zero-order valence-electron chi connectivity index (χ0n) is 9.49. The number of carboxylic acid groups (broad SMARTS) is 1. The van der Waals surface area contributed by atoms with Crippen LogP contribution in [0.1, 0.15) is 24.5 Å². The van der Waals surface area contributed by atoms with Gasteiger partial charge in [0.1, 0.15) is 0 Å². The summed E-state index contributed by atoms with van der Waals surface area (Å²) in [5.41, 5.74) is 3.65. The van der Waals surface area contributed by atoms with E-state index >= 15 is 0 Å². The van der Waals surface area contributed by atoms with Gasteiger partial charge >= 0.3 is 5.97 Å². The van der Waals surface area contributed by atoms with Gasteiger partial charge in [-0.3, -0.25) is 4.79 Å². The second-order valence-electron chi connectivity index (χ2n) is 4.47. The minimum atomic E-state index is -0.726. The first kappa shape index (κ1) is 11.0. The molecule has 16 heavy (non-hydrogen) atoms. The maximum Gasteiger partial charge on any atom is 0.306 e. The van der Waals surface area contributed by atoms with E-state index in [1.54, 1.807) is 6.92 Å². The second kappa shape index (κ2) is 4.56. The Hall–Kier alpha value is -1.51. The van der Waals surface area contributed by atoms with Crippen LogP contribution in [0, 0.1) is 5.92 Å². The van der Waals surface area contributed by atoms with Crippen LogP contribution < -0.4 is 5.32 Å². The van der Waals surface area contributed by atoms with E-state index < -0.39 is 5.97 Å².